The molecule has 4 atom stereocenters. The topological polar surface area (TPSA) is 191 Å². The van der Waals surface area contributed by atoms with E-state index < -0.39 is 78.5 Å². The van der Waals surface area contributed by atoms with Crippen LogP contribution in [0, 0.1) is 5.92 Å². The summed E-state index contributed by atoms with van der Waals surface area (Å²) in [6.45, 7) is 4.24. The third kappa shape index (κ3) is 10.9. The molecule has 13 nitrogen and oxygen atoms in total. The zero-order chi connectivity index (χ0) is 35.5. The second-order valence-corrected chi connectivity index (χ2v) is 12.7. The number of carboxylic acids is 1. The predicted molar refractivity (Wildman–Crippen MR) is 176 cm³/mol. The third-order valence-corrected chi connectivity index (χ3v) is 8.48. The number of hydrogen-bond acceptors (Lipinski definition) is 8. The van der Waals surface area contributed by atoms with Gasteiger partial charge in [-0.05, 0) is 48.6 Å². The molecular formula is C33H40Cl2N4O9. The van der Waals surface area contributed by atoms with Crippen LogP contribution in [0.25, 0.3) is 0 Å². The third-order valence-electron chi connectivity index (χ3n) is 7.78. The summed E-state index contributed by atoms with van der Waals surface area (Å²) in [5, 5.41) is 27.5. The van der Waals surface area contributed by atoms with Crippen LogP contribution in [0.4, 0.5) is 0 Å². The summed E-state index contributed by atoms with van der Waals surface area (Å²) in [5.74, 6) is -4.73. The number of hydrogen-bond donors (Lipinski definition) is 5. The van der Waals surface area contributed by atoms with Gasteiger partial charge < -0.3 is 35.8 Å². The molecule has 0 aromatic heterocycles. The van der Waals surface area contributed by atoms with Crippen molar-refractivity contribution in [3.8, 4) is 5.75 Å². The number of phenolic OH excluding ortho intramolecular Hbond substituents is 1. The number of ether oxygens (including phenoxy) is 1. The molecule has 1 unspecified atom stereocenters. The molecule has 48 heavy (non-hydrogen) atoms. The molecule has 3 rings (SSSR count). The summed E-state index contributed by atoms with van der Waals surface area (Å²) in [7, 11) is 0. The van der Waals surface area contributed by atoms with Gasteiger partial charge in [-0.1, -0.05) is 55.2 Å². The van der Waals surface area contributed by atoms with E-state index in [0.717, 1.165) is 0 Å². The summed E-state index contributed by atoms with van der Waals surface area (Å²) in [5.41, 5.74) is 1.11. The lowest BCUT2D eigenvalue weighted by atomic mass is 10.00. The number of rotatable bonds is 16. The van der Waals surface area contributed by atoms with E-state index in [-0.39, 0.29) is 31.7 Å². The normalized spacial score (nSPS) is 16.1. The number of aliphatic carboxylic acids is 1. The summed E-state index contributed by atoms with van der Waals surface area (Å²) < 4.78 is 5.45. The number of nitrogens with one attached hydrogen (secondary N) is 3. The lowest BCUT2D eigenvalue weighted by molar-refractivity contribution is -0.144. The second kappa shape index (κ2) is 17.8. The molecule has 0 radical (unpaired) electrons. The quantitative estimate of drug-likeness (QED) is 0.175. The summed E-state index contributed by atoms with van der Waals surface area (Å²) in [6, 6.07) is 6.42. The van der Waals surface area contributed by atoms with Gasteiger partial charge in [-0.3, -0.25) is 28.8 Å². The number of carbonyl (C=O) groups is 6. The number of aromatic hydroxyl groups is 1. The second-order valence-electron chi connectivity index (χ2n) is 11.9. The van der Waals surface area contributed by atoms with Crippen LogP contribution in [0.15, 0.2) is 42.5 Å². The van der Waals surface area contributed by atoms with Gasteiger partial charge in [0.05, 0.1) is 13.0 Å². The highest BCUT2D eigenvalue weighted by atomic mass is 35.5. The van der Waals surface area contributed by atoms with Gasteiger partial charge in [0.15, 0.2) is 5.78 Å². The van der Waals surface area contributed by atoms with Gasteiger partial charge in [-0.15, -0.1) is 0 Å². The fraction of sp³-hybridized carbons (Fsp3) is 0.455. The number of carbonyl (C=O) groups excluding carboxylic acids is 5. The zero-order valence-electron chi connectivity index (χ0n) is 26.8. The molecule has 1 fully saturated rings. The molecule has 1 heterocycles. The average Bonchev–Trinajstić information content (AvgIpc) is 3.51. The first kappa shape index (κ1) is 38.2. The minimum atomic E-state index is -1.44. The Balaban J connectivity index is 1.69. The van der Waals surface area contributed by atoms with E-state index in [2.05, 4.69) is 16.0 Å². The Hall–Kier alpha value is -4.20. The zero-order valence-corrected chi connectivity index (χ0v) is 28.3. The minimum absolute atomic E-state index is 0.0414. The van der Waals surface area contributed by atoms with Crippen molar-refractivity contribution in [3.63, 3.8) is 0 Å². The number of halogens is 2. The van der Waals surface area contributed by atoms with E-state index in [1.165, 1.54) is 24.0 Å². The molecule has 2 aromatic carbocycles. The van der Waals surface area contributed by atoms with E-state index >= 15 is 0 Å². The lowest BCUT2D eigenvalue weighted by Crippen LogP contribution is -2.59. The monoisotopic (exact) mass is 706 g/mol. The molecule has 15 heteroatoms. The largest absolute Gasteiger partial charge is 0.508 e. The molecular weight excluding hydrogens is 667 g/mol. The van der Waals surface area contributed by atoms with Crippen molar-refractivity contribution in [2.45, 2.75) is 77.2 Å². The van der Waals surface area contributed by atoms with Crippen molar-refractivity contribution >= 4 is 58.6 Å². The highest BCUT2D eigenvalue weighted by Gasteiger charge is 2.40. The number of ketones is 1. The molecule has 4 amide bonds. The van der Waals surface area contributed by atoms with Gasteiger partial charge in [0, 0.05) is 35.5 Å². The number of Topliss-reactive ketones (excluding diaryl/α,β-unsaturated/α-hetero) is 1. The van der Waals surface area contributed by atoms with Gasteiger partial charge in [0.1, 0.15) is 36.5 Å². The van der Waals surface area contributed by atoms with Crippen LogP contribution in [0.3, 0.4) is 0 Å². The number of carboxylic acid groups (broad SMARTS) is 1. The number of phenols is 1. The van der Waals surface area contributed by atoms with Crippen molar-refractivity contribution in [3.05, 3.63) is 63.6 Å². The Morgan fingerprint density at radius 1 is 0.958 bits per heavy atom. The molecule has 260 valence electrons. The SMILES string of the molecule is CC(=O)N[C@@H](Cc1ccc(O)cc1)C(=O)N[C@H](C(=O)N1CCCC1C(=O)N[C@@H](CC(=O)O)C(=O)COCc1c(Cl)cccc1Cl)C(C)C. The van der Waals surface area contributed by atoms with E-state index in [1.54, 1.807) is 44.2 Å². The van der Waals surface area contributed by atoms with E-state index in [1.807, 2.05) is 0 Å². The van der Waals surface area contributed by atoms with Crippen molar-refractivity contribution in [2.24, 2.45) is 5.92 Å². The molecule has 1 aliphatic rings. The van der Waals surface area contributed by atoms with Crippen LogP contribution in [0.1, 0.15) is 51.2 Å². The first-order valence-electron chi connectivity index (χ1n) is 15.4. The van der Waals surface area contributed by atoms with Crippen LogP contribution in [-0.4, -0.2) is 87.8 Å². The highest BCUT2D eigenvalue weighted by molar-refractivity contribution is 6.35. The molecule has 0 bridgehead atoms. The standard InChI is InChI=1S/C33H40Cl2N4O9/c1-18(2)30(38-31(45)26(36-19(3)40)14-20-9-11-21(41)12-10-20)33(47)39-13-5-8-27(39)32(46)37-25(15-29(43)44)28(42)17-48-16-22-23(34)6-4-7-24(22)35/h4,6-7,9-12,18,25-27,30,41H,5,8,13-17H2,1-3H3,(H,36,40)(H,37,46)(H,38,45)(H,43,44)/t25-,26-,27?,30-/m0/s1. The van der Waals surface area contributed by atoms with Crippen molar-refractivity contribution in [1.29, 1.82) is 0 Å². The lowest BCUT2D eigenvalue weighted by Gasteiger charge is -2.32. The fourth-order valence-corrected chi connectivity index (χ4v) is 5.79. The van der Waals surface area contributed by atoms with E-state index in [9.17, 15) is 39.0 Å². The van der Waals surface area contributed by atoms with Crippen LogP contribution in [0.5, 0.6) is 5.75 Å². The molecule has 0 aliphatic carbocycles. The summed E-state index contributed by atoms with van der Waals surface area (Å²) in [4.78, 5) is 78.4. The van der Waals surface area contributed by atoms with Crippen molar-refractivity contribution in [1.82, 2.24) is 20.9 Å². The molecule has 0 spiro atoms. The minimum Gasteiger partial charge on any atom is -0.508 e. The van der Waals surface area contributed by atoms with Crippen molar-refractivity contribution in [2.75, 3.05) is 13.2 Å². The maximum Gasteiger partial charge on any atom is 0.305 e. The highest BCUT2D eigenvalue weighted by Crippen LogP contribution is 2.25. The Morgan fingerprint density at radius 3 is 2.19 bits per heavy atom. The Morgan fingerprint density at radius 2 is 1.60 bits per heavy atom. The first-order chi connectivity index (χ1) is 22.7. The van der Waals surface area contributed by atoms with Crippen LogP contribution >= 0.6 is 23.2 Å². The van der Waals surface area contributed by atoms with E-state index in [4.69, 9.17) is 27.9 Å². The summed E-state index contributed by atoms with van der Waals surface area (Å²) in [6.07, 6.45) is 0.0870. The first-order valence-corrected chi connectivity index (χ1v) is 16.1. The Bertz CT molecular complexity index is 1480. The van der Waals surface area contributed by atoms with Crippen LogP contribution in [-0.2, 0) is 46.5 Å². The Kier molecular flexibility index (Phi) is 14.2. The fourth-order valence-electron chi connectivity index (χ4n) is 5.28. The molecule has 1 aliphatic heterocycles. The molecule has 0 saturated carbocycles. The maximum absolute atomic E-state index is 13.8. The number of benzene rings is 2. The number of likely N-dealkylation sites (tertiary alicyclic amines) is 1. The molecule has 5 N–H and O–H groups in total. The van der Waals surface area contributed by atoms with Crippen LogP contribution in [0.2, 0.25) is 10.0 Å². The van der Waals surface area contributed by atoms with Gasteiger partial charge in [0.2, 0.25) is 23.6 Å². The smallest absolute Gasteiger partial charge is 0.305 e. The van der Waals surface area contributed by atoms with Gasteiger partial charge in [-0.25, -0.2) is 0 Å². The Labute approximate surface area is 288 Å². The van der Waals surface area contributed by atoms with Gasteiger partial charge in [-0.2, -0.15) is 0 Å². The van der Waals surface area contributed by atoms with Crippen LogP contribution < -0.4 is 16.0 Å². The number of amides is 4. The summed E-state index contributed by atoms with van der Waals surface area (Å²) >= 11 is 12.3. The van der Waals surface area contributed by atoms with E-state index in [0.29, 0.717) is 27.6 Å². The van der Waals surface area contributed by atoms with Gasteiger partial charge in [0.25, 0.3) is 0 Å². The maximum atomic E-state index is 13.8. The van der Waals surface area contributed by atoms with Crippen molar-refractivity contribution < 1.29 is 43.7 Å². The van der Waals surface area contributed by atoms with Gasteiger partial charge >= 0.3 is 5.97 Å². The molecule has 1 saturated heterocycles. The molecule has 2 aromatic rings. The average molecular weight is 708 g/mol. The predicted octanol–water partition coefficient (Wildman–Crippen LogP) is 2.62. The number of nitrogens with zero attached hydrogens (tertiary/aromatic N) is 1.